The van der Waals surface area contributed by atoms with Crippen LogP contribution < -0.4 is 10.6 Å². The highest BCUT2D eigenvalue weighted by Crippen LogP contribution is 2.16. The molecule has 3 N–H and O–H groups in total. The van der Waals surface area contributed by atoms with Crippen molar-refractivity contribution in [2.45, 2.75) is 52.2 Å². The fourth-order valence-electron chi connectivity index (χ4n) is 3.21. The predicted molar refractivity (Wildman–Crippen MR) is 103 cm³/mol. The predicted octanol–water partition coefficient (Wildman–Crippen LogP) is 2.39. The Morgan fingerprint density at radius 3 is 2.68 bits per heavy atom. The van der Waals surface area contributed by atoms with Gasteiger partial charge in [-0.25, -0.2) is 0 Å². The van der Waals surface area contributed by atoms with Crippen LogP contribution in [0.15, 0.2) is 24.3 Å². The van der Waals surface area contributed by atoms with E-state index in [4.69, 9.17) is 0 Å². The van der Waals surface area contributed by atoms with E-state index in [0.717, 1.165) is 30.3 Å². The Bertz CT molecular complexity index is 541. The van der Waals surface area contributed by atoms with Crippen molar-refractivity contribution in [2.24, 2.45) is 5.92 Å². The van der Waals surface area contributed by atoms with Crippen molar-refractivity contribution in [3.63, 3.8) is 0 Å². The zero-order chi connectivity index (χ0) is 18.2. The number of para-hydroxylation sites is 1. The third-order valence-electron chi connectivity index (χ3n) is 4.96. The van der Waals surface area contributed by atoms with E-state index >= 15 is 0 Å². The van der Waals surface area contributed by atoms with Crippen LogP contribution >= 0.6 is 0 Å². The van der Waals surface area contributed by atoms with E-state index in [1.807, 2.05) is 38.1 Å². The summed E-state index contributed by atoms with van der Waals surface area (Å²) < 4.78 is 0. The summed E-state index contributed by atoms with van der Waals surface area (Å²) in [6.07, 6.45) is 2.43. The third-order valence-corrected chi connectivity index (χ3v) is 4.96. The van der Waals surface area contributed by atoms with Crippen LogP contribution in [0.5, 0.6) is 0 Å². The number of aliphatic hydroxyl groups is 1. The summed E-state index contributed by atoms with van der Waals surface area (Å²) >= 11 is 0. The molecule has 0 bridgehead atoms. The molecule has 1 aromatic rings. The van der Waals surface area contributed by atoms with Crippen LogP contribution in [-0.4, -0.2) is 54.2 Å². The Morgan fingerprint density at radius 2 is 2.00 bits per heavy atom. The Balaban J connectivity index is 1.65. The monoisotopic (exact) mass is 347 g/mol. The van der Waals surface area contributed by atoms with E-state index in [1.165, 1.54) is 12.8 Å². The number of nitrogens with one attached hydrogen (secondary N) is 2. The van der Waals surface area contributed by atoms with Crippen LogP contribution in [0.25, 0.3) is 0 Å². The van der Waals surface area contributed by atoms with Crippen molar-refractivity contribution in [1.82, 2.24) is 10.2 Å². The Morgan fingerprint density at radius 1 is 1.32 bits per heavy atom. The number of hydrogen-bond acceptors (Lipinski definition) is 4. The first-order valence-corrected chi connectivity index (χ1v) is 9.43. The number of rotatable bonds is 8. The van der Waals surface area contributed by atoms with Gasteiger partial charge in [0.25, 0.3) is 0 Å². The molecule has 1 aliphatic rings. The van der Waals surface area contributed by atoms with Gasteiger partial charge in [-0.05, 0) is 57.3 Å². The molecule has 1 saturated heterocycles. The maximum absolute atomic E-state index is 12.1. The topological polar surface area (TPSA) is 64.6 Å². The molecular formula is C20H33N3O2. The summed E-state index contributed by atoms with van der Waals surface area (Å²) in [5.74, 6) is 0.798. The second-order valence-electron chi connectivity index (χ2n) is 7.51. The van der Waals surface area contributed by atoms with Gasteiger partial charge in [0, 0.05) is 31.2 Å². The number of benzene rings is 1. The summed E-state index contributed by atoms with van der Waals surface area (Å²) in [6.45, 7) is 9.63. The zero-order valence-electron chi connectivity index (χ0n) is 15.8. The highest BCUT2D eigenvalue weighted by atomic mass is 16.3. The molecule has 2 rings (SSSR count). The van der Waals surface area contributed by atoms with Gasteiger partial charge in [0.15, 0.2) is 0 Å². The number of likely N-dealkylation sites (tertiary alicyclic amines) is 1. The molecule has 2 atom stereocenters. The van der Waals surface area contributed by atoms with E-state index in [1.54, 1.807) is 0 Å². The van der Waals surface area contributed by atoms with Crippen LogP contribution in [0, 0.1) is 12.8 Å². The SMILES string of the molecule is Cc1ccccc1NC(=O)CC(C)NCC(O)CN1CCC(C)CC1. The lowest BCUT2D eigenvalue weighted by Gasteiger charge is -2.31. The highest BCUT2D eigenvalue weighted by Gasteiger charge is 2.19. The standard InChI is InChI=1S/C20H33N3O2/c1-15-8-10-23(11-9-15)14-18(24)13-21-17(3)12-20(25)22-19-7-5-4-6-16(19)2/h4-7,15,17-18,21,24H,8-14H2,1-3H3,(H,22,25). The molecule has 1 amide bonds. The maximum atomic E-state index is 12.1. The van der Waals surface area contributed by atoms with E-state index in [2.05, 4.69) is 22.5 Å². The normalized spacial score (nSPS) is 18.7. The molecule has 5 heteroatoms. The van der Waals surface area contributed by atoms with Gasteiger partial charge in [-0.15, -0.1) is 0 Å². The van der Waals surface area contributed by atoms with Gasteiger partial charge in [0.1, 0.15) is 0 Å². The minimum Gasteiger partial charge on any atom is -0.390 e. The molecule has 0 radical (unpaired) electrons. The molecule has 1 fully saturated rings. The molecule has 0 aliphatic carbocycles. The first kappa shape index (κ1) is 19.9. The van der Waals surface area contributed by atoms with E-state index in [-0.39, 0.29) is 11.9 Å². The van der Waals surface area contributed by atoms with Crippen molar-refractivity contribution >= 4 is 11.6 Å². The molecule has 0 saturated carbocycles. The Kier molecular flexibility index (Phi) is 7.88. The highest BCUT2D eigenvalue weighted by molar-refractivity contribution is 5.91. The van der Waals surface area contributed by atoms with Crippen LogP contribution in [0.3, 0.4) is 0 Å². The first-order chi connectivity index (χ1) is 11.9. The van der Waals surface area contributed by atoms with Gasteiger partial charge in [0.05, 0.1) is 6.10 Å². The quantitative estimate of drug-likeness (QED) is 0.676. The lowest BCUT2D eigenvalue weighted by Crippen LogP contribution is -2.44. The van der Waals surface area contributed by atoms with E-state index in [9.17, 15) is 9.90 Å². The molecule has 1 heterocycles. The number of carbonyl (C=O) groups is 1. The van der Waals surface area contributed by atoms with Crippen LogP contribution in [0.4, 0.5) is 5.69 Å². The molecule has 1 aromatic carbocycles. The fraction of sp³-hybridized carbons (Fsp3) is 0.650. The van der Waals surface area contributed by atoms with E-state index in [0.29, 0.717) is 19.5 Å². The minimum atomic E-state index is -0.393. The number of hydrogen-bond donors (Lipinski definition) is 3. The summed E-state index contributed by atoms with van der Waals surface area (Å²) in [5.41, 5.74) is 1.92. The van der Waals surface area contributed by atoms with Crippen LogP contribution in [0.1, 0.15) is 38.7 Å². The van der Waals surface area contributed by atoms with Gasteiger partial charge in [-0.3, -0.25) is 4.79 Å². The van der Waals surface area contributed by atoms with Crippen molar-refractivity contribution in [2.75, 3.05) is 31.5 Å². The zero-order valence-corrected chi connectivity index (χ0v) is 15.8. The van der Waals surface area contributed by atoms with E-state index < -0.39 is 6.10 Å². The summed E-state index contributed by atoms with van der Waals surface area (Å²) in [7, 11) is 0. The number of piperidine rings is 1. The molecule has 0 spiro atoms. The number of anilines is 1. The van der Waals surface area contributed by atoms with Crippen molar-refractivity contribution in [3.05, 3.63) is 29.8 Å². The summed E-state index contributed by atoms with van der Waals surface area (Å²) in [6, 6.07) is 7.80. The summed E-state index contributed by atoms with van der Waals surface area (Å²) in [5, 5.41) is 16.4. The second kappa shape index (κ2) is 9.90. The fourth-order valence-corrected chi connectivity index (χ4v) is 3.21. The minimum absolute atomic E-state index is 0.00573. The number of aryl methyl sites for hydroxylation is 1. The number of aliphatic hydroxyl groups excluding tert-OH is 1. The lowest BCUT2D eigenvalue weighted by molar-refractivity contribution is -0.116. The Hall–Kier alpha value is -1.43. The first-order valence-electron chi connectivity index (χ1n) is 9.43. The van der Waals surface area contributed by atoms with Crippen molar-refractivity contribution < 1.29 is 9.90 Å². The van der Waals surface area contributed by atoms with Crippen LogP contribution in [-0.2, 0) is 4.79 Å². The second-order valence-corrected chi connectivity index (χ2v) is 7.51. The summed E-state index contributed by atoms with van der Waals surface area (Å²) in [4.78, 5) is 14.5. The average Bonchev–Trinajstić information content (AvgIpc) is 2.57. The van der Waals surface area contributed by atoms with Gasteiger partial charge in [-0.1, -0.05) is 25.1 Å². The number of amides is 1. The third kappa shape index (κ3) is 7.14. The smallest absolute Gasteiger partial charge is 0.225 e. The average molecular weight is 348 g/mol. The van der Waals surface area contributed by atoms with Gasteiger partial charge in [-0.2, -0.15) is 0 Å². The number of carbonyl (C=O) groups excluding carboxylic acids is 1. The maximum Gasteiger partial charge on any atom is 0.225 e. The van der Waals surface area contributed by atoms with Gasteiger partial charge in [0.2, 0.25) is 5.91 Å². The van der Waals surface area contributed by atoms with Gasteiger partial charge < -0.3 is 20.6 Å². The van der Waals surface area contributed by atoms with Gasteiger partial charge >= 0.3 is 0 Å². The molecule has 5 nitrogen and oxygen atoms in total. The van der Waals surface area contributed by atoms with Crippen molar-refractivity contribution in [1.29, 1.82) is 0 Å². The molecule has 0 aromatic heterocycles. The molecule has 25 heavy (non-hydrogen) atoms. The largest absolute Gasteiger partial charge is 0.390 e. The van der Waals surface area contributed by atoms with Crippen LogP contribution in [0.2, 0.25) is 0 Å². The molecular weight excluding hydrogens is 314 g/mol. The number of β-amino-alcohol motifs (C(OH)–C–C–N with tert-alkyl or cyclic N) is 1. The Labute approximate surface area is 151 Å². The lowest BCUT2D eigenvalue weighted by atomic mass is 9.99. The molecule has 2 unspecified atom stereocenters. The van der Waals surface area contributed by atoms with Crippen molar-refractivity contribution in [3.8, 4) is 0 Å². The number of nitrogens with zero attached hydrogens (tertiary/aromatic N) is 1. The molecule has 1 aliphatic heterocycles. The molecule has 140 valence electrons.